The van der Waals surface area contributed by atoms with Crippen LogP contribution in [0.4, 0.5) is 0 Å². The maximum Gasteiger partial charge on any atom is 0.0234 e. The Morgan fingerprint density at radius 3 is 1.89 bits per heavy atom. The molecule has 2 heterocycles. The van der Waals surface area contributed by atoms with Crippen LogP contribution in [-0.2, 0) is 13.1 Å². The summed E-state index contributed by atoms with van der Waals surface area (Å²) in [6.45, 7) is 11.6. The molecule has 0 bridgehead atoms. The summed E-state index contributed by atoms with van der Waals surface area (Å²) >= 11 is 0. The Hall–Kier alpha value is -1.72. The lowest BCUT2D eigenvalue weighted by atomic mass is 10.2. The van der Waals surface area contributed by atoms with E-state index < -0.39 is 0 Å². The van der Waals surface area contributed by atoms with E-state index in [9.17, 15) is 0 Å². The second kappa shape index (κ2) is 10.2. The minimum atomic E-state index is 0.656. The van der Waals surface area contributed by atoms with Gasteiger partial charge in [-0.2, -0.15) is 0 Å². The highest BCUT2D eigenvalue weighted by molar-refractivity contribution is 5.15. The van der Waals surface area contributed by atoms with Crippen molar-refractivity contribution < 1.29 is 0 Å². The van der Waals surface area contributed by atoms with Gasteiger partial charge in [0.25, 0.3) is 0 Å². The molecule has 0 radical (unpaired) electrons. The van der Waals surface area contributed by atoms with Crippen LogP contribution in [0.25, 0.3) is 0 Å². The van der Waals surface area contributed by atoms with E-state index >= 15 is 0 Å². The lowest BCUT2D eigenvalue weighted by Crippen LogP contribution is -2.48. The Balaban J connectivity index is 1.09. The van der Waals surface area contributed by atoms with Crippen molar-refractivity contribution in [3.05, 3.63) is 71.8 Å². The topological polar surface area (TPSA) is 21.8 Å². The highest BCUT2D eigenvalue weighted by Gasteiger charge is 2.22. The Morgan fingerprint density at radius 2 is 1.25 bits per heavy atom. The predicted octanol–water partition coefficient (Wildman–Crippen LogP) is 2.67. The zero-order valence-electron chi connectivity index (χ0n) is 17.0. The molecule has 1 atom stereocenters. The summed E-state index contributed by atoms with van der Waals surface area (Å²) in [6, 6.07) is 22.3. The number of nitrogens with zero attached hydrogens (tertiary/aromatic N) is 3. The number of nitrogens with one attached hydrogen (secondary N) is 1. The monoisotopic (exact) mass is 378 g/mol. The highest BCUT2D eigenvalue weighted by atomic mass is 15.3. The number of hydrogen-bond acceptors (Lipinski definition) is 4. The van der Waals surface area contributed by atoms with Gasteiger partial charge in [0.15, 0.2) is 0 Å². The molecule has 150 valence electrons. The number of rotatable bonds is 8. The molecule has 4 rings (SSSR count). The summed E-state index contributed by atoms with van der Waals surface area (Å²) in [5.41, 5.74) is 2.86. The second-order valence-corrected chi connectivity index (χ2v) is 8.26. The van der Waals surface area contributed by atoms with Gasteiger partial charge in [-0.3, -0.25) is 14.7 Å². The zero-order valence-corrected chi connectivity index (χ0v) is 17.0. The van der Waals surface area contributed by atoms with E-state index in [0.717, 1.165) is 19.6 Å². The predicted molar refractivity (Wildman–Crippen MR) is 116 cm³/mol. The fourth-order valence-corrected chi connectivity index (χ4v) is 4.42. The molecule has 28 heavy (non-hydrogen) atoms. The first kappa shape index (κ1) is 19.6. The summed E-state index contributed by atoms with van der Waals surface area (Å²) in [6.07, 6.45) is 1.28. The molecule has 0 aliphatic carbocycles. The molecular weight excluding hydrogens is 344 g/mol. The Morgan fingerprint density at radius 1 is 0.679 bits per heavy atom. The van der Waals surface area contributed by atoms with Crippen molar-refractivity contribution in [1.82, 2.24) is 20.0 Å². The second-order valence-electron chi connectivity index (χ2n) is 8.26. The lowest BCUT2D eigenvalue weighted by molar-refractivity contribution is 0.127. The molecule has 1 unspecified atom stereocenters. The van der Waals surface area contributed by atoms with Gasteiger partial charge in [0.1, 0.15) is 0 Å². The Bertz CT molecular complexity index is 682. The lowest BCUT2D eigenvalue weighted by Gasteiger charge is -2.35. The third kappa shape index (κ3) is 5.89. The largest absolute Gasteiger partial charge is 0.311 e. The summed E-state index contributed by atoms with van der Waals surface area (Å²) in [4.78, 5) is 7.78. The first-order valence-corrected chi connectivity index (χ1v) is 10.8. The quantitative estimate of drug-likeness (QED) is 0.762. The molecular formula is C24H34N4. The van der Waals surface area contributed by atoms with Crippen LogP contribution in [0.15, 0.2) is 60.7 Å². The van der Waals surface area contributed by atoms with Gasteiger partial charge in [-0.25, -0.2) is 0 Å². The van der Waals surface area contributed by atoms with Crippen molar-refractivity contribution in [3.63, 3.8) is 0 Å². The van der Waals surface area contributed by atoms with Gasteiger partial charge in [-0.05, 0) is 17.5 Å². The maximum atomic E-state index is 3.80. The van der Waals surface area contributed by atoms with E-state index in [1.54, 1.807) is 0 Å². The molecule has 0 amide bonds. The van der Waals surface area contributed by atoms with Crippen LogP contribution < -0.4 is 5.32 Å². The van der Waals surface area contributed by atoms with E-state index in [1.807, 2.05) is 0 Å². The molecule has 4 nitrogen and oxygen atoms in total. The molecule has 2 fully saturated rings. The van der Waals surface area contributed by atoms with Gasteiger partial charge in [0, 0.05) is 71.5 Å². The van der Waals surface area contributed by atoms with Gasteiger partial charge in [-0.1, -0.05) is 60.7 Å². The summed E-state index contributed by atoms with van der Waals surface area (Å²) in [5.74, 6) is 0. The van der Waals surface area contributed by atoms with Crippen LogP contribution in [0.5, 0.6) is 0 Å². The first-order valence-electron chi connectivity index (χ1n) is 10.8. The normalized spacial score (nSPS) is 21.9. The third-order valence-electron chi connectivity index (χ3n) is 6.10. The number of likely N-dealkylation sites (tertiary alicyclic amines) is 1. The molecule has 2 aliphatic heterocycles. The van der Waals surface area contributed by atoms with Crippen LogP contribution in [-0.4, -0.2) is 73.1 Å². The standard InChI is InChI=1S/C24H34N4/c1-3-7-22(8-4-1)19-27-17-15-26(16-18-27)14-12-25-24-11-13-28(21-24)20-23-9-5-2-6-10-23/h1-10,24-25H,11-21H2. The van der Waals surface area contributed by atoms with Gasteiger partial charge < -0.3 is 5.32 Å². The van der Waals surface area contributed by atoms with Crippen molar-refractivity contribution in [2.24, 2.45) is 0 Å². The van der Waals surface area contributed by atoms with Gasteiger partial charge in [0.05, 0.1) is 0 Å². The molecule has 2 saturated heterocycles. The fraction of sp³-hybridized carbons (Fsp3) is 0.500. The van der Waals surface area contributed by atoms with Gasteiger partial charge in [-0.15, -0.1) is 0 Å². The van der Waals surface area contributed by atoms with E-state index in [2.05, 4.69) is 80.7 Å². The Labute approximate surface area is 170 Å². The average Bonchev–Trinajstić information content (AvgIpc) is 3.18. The molecule has 0 saturated carbocycles. The summed E-state index contributed by atoms with van der Waals surface area (Å²) in [5, 5.41) is 3.80. The van der Waals surface area contributed by atoms with E-state index in [0.29, 0.717) is 6.04 Å². The molecule has 2 aromatic carbocycles. The zero-order chi connectivity index (χ0) is 19.0. The Kier molecular flexibility index (Phi) is 7.12. The van der Waals surface area contributed by atoms with Crippen LogP contribution in [0.3, 0.4) is 0 Å². The molecule has 4 heteroatoms. The molecule has 0 spiro atoms. The number of benzene rings is 2. The third-order valence-corrected chi connectivity index (χ3v) is 6.10. The van der Waals surface area contributed by atoms with Gasteiger partial charge >= 0.3 is 0 Å². The van der Waals surface area contributed by atoms with Crippen LogP contribution in [0, 0.1) is 0 Å². The first-order chi connectivity index (χ1) is 13.8. The summed E-state index contributed by atoms with van der Waals surface area (Å²) in [7, 11) is 0. The SMILES string of the molecule is c1ccc(CN2CCN(CCNC3CCN(Cc4ccccc4)C3)CC2)cc1. The van der Waals surface area contributed by atoms with Crippen LogP contribution in [0.2, 0.25) is 0 Å². The summed E-state index contributed by atoms with van der Waals surface area (Å²) < 4.78 is 0. The van der Waals surface area contributed by atoms with Crippen molar-refractivity contribution in [2.45, 2.75) is 25.6 Å². The average molecular weight is 379 g/mol. The van der Waals surface area contributed by atoms with Crippen molar-refractivity contribution >= 4 is 0 Å². The minimum absolute atomic E-state index is 0.656. The van der Waals surface area contributed by atoms with Crippen molar-refractivity contribution in [2.75, 3.05) is 52.4 Å². The van der Waals surface area contributed by atoms with E-state index in [1.165, 1.54) is 63.4 Å². The minimum Gasteiger partial charge on any atom is -0.311 e. The van der Waals surface area contributed by atoms with Crippen LogP contribution >= 0.6 is 0 Å². The van der Waals surface area contributed by atoms with Gasteiger partial charge in [0.2, 0.25) is 0 Å². The molecule has 2 aliphatic rings. The van der Waals surface area contributed by atoms with Crippen LogP contribution in [0.1, 0.15) is 17.5 Å². The highest BCUT2D eigenvalue weighted by Crippen LogP contribution is 2.13. The smallest absolute Gasteiger partial charge is 0.0234 e. The maximum absolute atomic E-state index is 3.80. The van der Waals surface area contributed by atoms with Crippen molar-refractivity contribution in [3.8, 4) is 0 Å². The molecule has 0 aromatic heterocycles. The number of piperazine rings is 1. The fourth-order valence-electron chi connectivity index (χ4n) is 4.42. The van der Waals surface area contributed by atoms with E-state index in [-0.39, 0.29) is 0 Å². The molecule has 2 aromatic rings. The number of hydrogen-bond donors (Lipinski definition) is 1. The van der Waals surface area contributed by atoms with Crippen molar-refractivity contribution in [1.29, 1.82) is 0 Å². The molecule has 1 N–H and O–H groups in total. The van der Waals surface area contributed by atoms with E-state index in [4.69, 9.17) is 0 Å².